The molecule has 0 aromatic carbocycles. The van der Waals surface area contributed by atoms with E-state index < -0.39 is 0 Å². The number of nitrogens with zero attached hydrogens (tertiary/aromatic N) is 1. The fraction of sp³-hybridized carbons (Fsp3) is 0.826. The van der Waals surface area contributed by atoms with Crippen molar-refractivity contribution in [2.75, 3.05) is 79.7 Å². The van der Waals surface area contributed by atoms with Crippen LogP contribution in [0.1, 0.15) is 27.2 Å². The average molecular weight is 504 g/mol. The van der Waals surface area contributed by atoms with E-state index in [0.717, 1.165) is 0 Å². The van der Waals surface area contributed by atoms with Gasteiger partial charge in [-0.15, -0.1) is 0 Å². The van der Waals surface area contributed by atoms with E-state index in [0.29, 0.717) is 19.8 Å². The summed E-state index contributed by atoms with van der Waals surface area (Å²) in [6, 6.07) is -0.232. The maximum atomic E-state index is 12.2. The Balaban J connectivity index is 2.00. The number of rotatable bonds is 20. The van der Waals surface area contributed by atoms with Crippen LogP contribution < -0.4 is 10.6 Å². The molecule has 1 rings (SSSR count). The van der Waals surface area contributed by atoms with Gasteiger partial charge in [0.15, 0.2) is 0 Å². The molecule has 1 saturated heterocycles. The van der Waals surface area contributed by atoms with Gasteiger partial charge in [-0.25, -0.2) is 0 Å². The predicted molar refractivity (Wildman–Crippen MR) is 125 cm³/mol. The number of hydrogen-bond donors (Lipinski definition) is 2. The Labute approximate surface area is 207 Å². The van der Waals surface area contributed by atoms with E-state index in [9.17, 15) is 19.2 Å². The maximum Gasteiger partial charge on any atom is 0.246 e. The first-order valence-electron chi connectivity index (χ1n) is 12.0. The Bertz CT molecular complexity index is 660. The Hall–Kier alpha value is -2.12. The van der Waals surface area contributed by atoms with Crippen molar-refractivity contribution in [1.29, 1.82) is 0 Å². The summed E-state index contributed by atoms with van der Waals surface area (Å²) < 4.78 is 26.2. The molecule has 1 fully saturated rings. The van der Waals surface area contributed by atoms with E-state index in [1.165, 1.54) is 4.90 Å². The lowest BCUT2D eigenvalue weighted by molar-refractivity contribution is -0.140. The number of ether oxygens (including phenoxy) is 5. The number of carbonyl (C=O) groups is 4. The Kier molecular flexibility index (Phi) is 16.1. The molecule has 0 saturated carbocycles. The van der Waals surface area contributed by atoms with Crippen molar-refractivity contribution in [3.05, 3.63) is 0 Å². The molecule has 35 heavy (non-hydrogen) atoms. The van der Waals surface area contributed by atoms with Crippen molar-refractivity contribution in [2.45, 2.75) is 33.2 Å². The highest BCUT2D eigenvalue weighted by atomic mass is 16.5. The summed E-state index contributed by atoms with van der Waals surface area (Å²) in [6.45, 7) is 8.06. The number of carbonyl (C=O) groups excluding carboxylic acids is 4. The summed E-state index contributed by atoms with van der Waals surface area (Å²) in [5, 5.41) is 5.41. The van der Waals surface area contributed by atoms with Crippen molar-refractivity contribution in [3.63, 3.8) is 0 Å². The van der Waals surface area contributed by atoms with E-state index in [-0.39, 0.29) is 101 Å². The topological polar surface area (TPSA) is 142 Å². The third kappa shape index (κ3) is 13.0. The summed E-state index contributed by atoms with van der Waals surface area (Å²) in [4.78, 5) is 49.1. The molecule has 0 aromatic heterocycles. The molecule has 1 heterocycles. The lowest BCUT2D eigenvalue weighted by Crippen LogP contribution is -2.43. The molecule has 0 aliphatic carbocycles. The molecule has 0 spiro atoms. The van der Waals surface area contributed by atoms with Gasteiger partial charge in [0, 0.05) is 39.1 Å². The van der Waals surface area contributed by atoms with Crippen molar-refractivity contribution >= 4 is 23.6 Å². The monoisotopic (exact) mass is 503 g/mol. The molecule has 0 bridgehead atoms. The van der Waals surface area contributed by atoms with E-state index in [1.807, 2.05) is 20.8 Å². The molecular formula is C23H41N3O9. The minimum atomic E-state index is -0.338. The number of methoxy groups -OCH3 is 1. The van der Waals surface area contributed by atoms with Crippen molar-refractivity contribution in [1.82, 2.24) is 15.5 Å². The second kappa shape index (κ2) is 18.2. The lowest BCUT2D eigenvalue weighted by atomic mass is 9.94. The van der Waals surface area contributed by atoms with Gasteiger partial charge >= 0.3 is 0 Å². The Morgan fingerprint density at radius 2 is 1.60 bits per heavy atom. The van der Waals surface area contributed by atoms with Gasteiger partial charge in [-0.2, -0.15) is 0 Å². The quantitative estimate of drug-likeness (QED) is 0.164. The van der Waals surface area contributed by atoms with Gasteiger partial charge in [0.05, 0.1) is 45.7 Å². The zero-order valence-electron chi connectivity index (χ0n) is 21.3. The zero-order chi connectivity index (χ0) is 26.1. The van der Waals surface area contributed by atoms with Gasteiger partial charge < -0.3 is 34.3 Å². The Morgan fingerprint density at radius 3 is 2.17 bits per heavy atom. The molecule has 2 atom stereocenters. The van der Waals surface area contributed by atoms with Gasteiger partial charge in [0.25, 0.3) is 0 Å². The summed E-state index contributed by atoms with van der Waals surface area (Å²) in [7, 11) is 1.55. The largest absolute Gasteiger partial charge is 0.382 e. The first kappa shape index (κ1) is 30.9. The van der Waals surface area contributed by atoms with Crippen LogP contribution in [-0.2, 0) is 42.9 Å². The van der Waals surface area contributed by atoms with Gasteiger partial charge in [-0.05, 0) is 12.8 Å². The lowest BCUT2D eigenvalue weighted by Gasteiger charge is -2.17. The normalized spacial score (nSPS) is 16.7. The molecule has 1 aliphatic heterocycles. The summed E-state index contributed by atoms with van der Waals surface area (Å²) >= 11 is 0. The summed E-state index contributed by atoms with van der Waals surface area (Å²) in [5.41, 5.74) is 0. The molecule has 2 unspecified atom stereocenters. The molecular weight excluding hydrogens is 462 g/mol. The van der Waals surface area contributed by atoms with E-state index in [2.05, 4.69) is 10.6 Å². The average Bonchev–Trinajstić information content (AvgIpc) is 3.10. The van der Waals surface area contributed by atoms with E-state index in [4.69, 9.17) is 23.7 Å². The molecule has 12 heteroatoms. The molecule has 0 aromatic rings. The van der Waals surface area contributed by atoms with Crippen LogP contribution in [0.3, 0.4) is 0 Å². The van der Waals surface area contributed by atoms with Crippen LogP contribution in [-0.4, -0.2) is 114 Å². The van der Waals surface area contributed by atoms with Crippen LogP contribution in [0.5, 0.6) is 0 Å². The minimum Gasteiger partial charge on any atom is -0.382 e. The molecule has 2 N–H and O–H groups in total. The van der Waals surface area contributed by atoms with Crippen molar-refractivity contribution in [2.24, 2.45) is 11.8 Å². The first-order chi connectivity index (χ1) is 16.8. The van der Waals surface area contributed by atoms with Crippen LogP contribution in [0.15, 0.2) is 0 Å². The minimum absolute atomic E-state index is 0.0981. The van der Waals surface area contributed by atoms with Crippen LogP contribution in [0, 0.1) is 11.8 Å². The number of likely N-dealkylation sites (tertiary alicyclic amines) is 1. The Morgan fingerprint density at radius 1 is 0.971 bits per heavy atom. The summed E-state index contributed by atoms with van der Waals surface area (Å²) in [5.74, 6) is -1.14. The van der Waals surface area contributed by atoms with Crippen LogP contribution in [0.2, 0.25) is 0 Å². The number of nitrogens with one attached hydrogen (secondary N) is 2. The highest BCUT2D eigenvalue weighted by Gasteiger charge is 2.39. The fourth-order valence-electron chi connectivity index (χ4n) is 3.35. The number of amides is 4. The van der Waals surface area contributed by atoms with E-state index >= 15 is 0 Å². The standard InChI is InChI=1S/C23H41N3O9/c1-5-32-14-18(13-31-4)25-21(28)16-35-11-9-33-8-10-34-15-20(27)24-6-7-26-22(29)12-19(17(2)3)23(26)30/h17-19H,5-16H2,1-4H3,(H,24,27)(H,25,28). The van der Waals surface area contributed by atoms with Gasteiger partial charge in [-0.1, -0.05) is 13.8 Å². The van der Waals surface area contributed by atoms with Crippen molar-refractivity contribution in [3.8, 4) is 0 Å². The van der Waals surface area contributed by atoms with Crippen LogP contribution in [0.25, 0.3) is 0 Å². The van der Waals surface area contributed by atoms with Gasteiger partial charge in [-0.3, -0.25) is 24.1 Å². The van der Waals surface area contributed by atoms with Gasteiger partial charge in [0.1, 0.15) is 13.2 Å². The SMILES string of the molecule is CCOCC(COC)NC(=O)COCCOCCOCC(=O)NCCN1C(=O)CC(C(C)C)C1=O. The third-order valence-corrected chi connectivity index (χ3v) is 5.21. The van der Waals surface area contributed by atoms with Crippen LogP contribution >= 0.6 is 0 Å². The molecule has 202 valence electrons. The second-order valence-corrected chi connectivity index (χ2v) is 8.38. The number of hydrogen-bond acceptors (Lipinski definition) is 9. The zero-order valence-corrected chi connectivity index (χ0v) is 21.3. The second-order valence-electron chi connectivity index (χ2n) is 8.38. The van der Waals surface area contributed by atoms with Gasteiger partial charge in [0.2, 0.25) is 23.6 Å². The molecule has 12 nitrogen and oxygen atoms in total. The number of imide groups is 1. The first-order valence-corrected chi connectivity index (χ1v) is 12.0. The summed E-state index contributed by atoms with van der Waals surface area (Å²) in [6.07, 6.45) is 0.231. The molecule has 0 radical (unpaired) electrons. The smallest absolute Gasteiger partial charge is 0.246 e. The predicted octanol–water partition coefficient (Wildman–Crippen LogP) is -0.649. The maximum absolute atomic E-state index is 12.2. The van der Waals surface area contributed by atoms with E-state index in [1.54, 1.807) is 7.11 Å². The highest BCUT2D eigenvalue weighted by molar-refractivity contribution is 6.03. The fourth-order valence-corrected chi connectivity index (χ4v) is 3.35. The van der Waals surface area contributed by atoms with Crippen LogP contribution in [0.4, 0.5) is 0 Å². The molecule has 4 amide bonds. The highest BCUT2D eigenvalue weighted by Crippen LogP contribution is 2.25. The third-order valence-electron chi connectivity index (χ3n) is 5.21. The molecule has 1 aliphatic rings. The van der Waals surface area contributed by atoms with Crippen molar-refractivity contribution < 1.29 is 42.9 Å².